The second kappa shape index (κ2) is 6.75. The number of benzene rings is 2. The number of carbonyl (C=O) groups excluding carboxylic acids is 1. The lowest BCUT2D eigenvalue weighted by Gasteiger charge is -2.08. The van der Waals surface area contributed by atoms with E-state index in [1.807, 2.05) is 24.3 Å². The lowest BCUT2D eigenvalue weighted by atomic mass is 10.1. The quantitative estimate of drug-likeness (QED) is 0.699. The van der Waals surface area contributed by atoms with Crippen LogP contribution in [0.4, 0.5) is 14.5 Å². The first kappa shape index (κ1) is 15.4. The number of amides is 1. The zero-order valence-electron chi connectivity index (χ0n) is 11.9. The van der Waals surface area contributed by atoms with Gasteiger partial charge in [-0.1, -0.05) is 30.0 Å². The number of hydrogen-bond donors (Lipinski definition) is 1. The fourth-order valence-electron chi connectivity index (χ4n) is 2.19. The highest BCUT2D eigenvalue weighted by Gasteiger charge is 2.10. The van der Waals surface area contributed by atoms with Gasteiger partial charge in [0.2, 0.25) is 0 Å². The average Bonchev–Trinajstić information content (AvgIpc) is 2.55. The van der Waals surface area contributed by atoms with Crippen molar-refractivity contribution >= 4 is 34.3 Å². The fourth-order valence-corrected chi connectivity index (χ4v) is 2.69. The normalized spacial score (nSPS) is 10.9. The molecule has 23 heavy (non-hydrogen) atoms. The van der Waals surface area contributed by atoms with E-state index in [-0.39, 0.29) is 5.91 Å². The zero-order chi connectivity index (χ0) is 16.2. The number of fused-ring (bicyclic) bond motifs is 1. The molecule has 0 spiro atoms. The first-order valence-electron chi connectivity index (χ1n) is 6.83. The van der Waals surface area contributed by atoms with Crippen LogP contribution >= 0.6 is 11.8 Å². The summed E-state index contributed by atoms with van der Waals surface area (Å²) < 4.78 is 24.6. The highest BCUT2D eigenvalue weighted by molar-refractivity contribution is 7.99. The highest BCUT2D eigenvalue weighted by atomic mass is 32.2. The Hall–Kier alpha value is -2.47. The summed E-state index contributed by atoms with van der Waals surface area (Å²) in [6.07, 6.45) is 1.66. The molecule has 3 aromatic rings. The summed E-state index contributed by atoms with van der Waals surface area (Å²) in [5.41, 5.74) is 1.71. The van der Waals surface area contributed by atoms with Crippen LogP contribution in [0.5, 0.6) is 0 Å². The summed E-state index contributed by atoms with van der Waals surface area (Å²) in [4.78, 5) is 17.0. The second-order valence-corrected chi connectivity index (χ2v) is 5.80. The Morgan fingerprint density at radius 2 is 1.78 bits per heavy atom. The van der Waals surface area contributed by atoms with E-state index in [1.165, 1.54) is 24.3 Å². The van der Waals surface area contributed by atoms with Crippen LogP contribution in [0.2, 0.25) is 0 Å². The van der Waals surface area contributed by atoms with Crippen molar-refractivity contribution in [1.82, 2.24) is 4.98 Å². The Morgan fingerprint density at radius 3 is 2.52 bits per heavy atom. The van der Waals surface area contributed by atoms with E-state index >= 15 is 0 Å². The molecular formula is C17H12F2N2OS. The van der Waals surface area contributed by atoms with Crippen LogP contribution < -0.4 is 5.32 Å². The molecule has 0 saturated carbocycles. The summed E-state index contributed by atoms with van der Waals surface area (Å²) in [6.45, 7) is 0. The third-order valence-corrected chi connectivity index (χ3v) is 3.95. The monoisotopic (exact) mass is 330 g/mol. The van der Waals surface area contributed by atoms with Gasteiger partial charge in [0, 0.05) is 22.0 Å². The Bertz CT molecular complexity index is 832. The molecule has 2 aromatic carbocycles. The molecule has 1 N–H and O–H groups in total. The van der Waals surface area contributed by atoms with E-state index in [0.29, 0.717) is 33.4 Å². The molecule has 6 heteroatoms. The number of pyridine rings is 1. The number of nitrogens with one attached hydrogen (secondary N) is 1. The Labute approximate surface area is 135 Å². The maximum absolute atomic E-state index is 12.3. The Morgan fingerprint density at radius 1 is 1.04 bits per heavy atom. The van der Waals surface area contributed by atoms with E-state index in [1.54, 1.807) is 12.3 Å². The van der Waals surface area contributed by atoms with E-state index in [4.69, 9.17) is 0 Å². The minimum absolute atomic E-state index is 0.309. The van der Waals surface area contributed by atoms with Gasteiger partial charge < -0.3 is 5.32 Å². The summed E-state index contributed by atoms with van der Waals surface area (Å²) >= 11 is 0.450. The van der Waals surface area contributed by atoms with Gasteiger partial charge in [-0.05, 0) is 36.4 Å². The molecule has 0 saturated heterocycles. The van der Waals surface area contributed by atoms with Crippen LogP contribution in [0.25, 0.3) is 10.9 Å². The largest absolute Gasteiger partial charge is 0.320 e. The summed E-state index contributed by atoms with van der Waals surface area (Å²) in [5, 5.41) is 3.73. The van der Waals surface area contributed by atoms with Gasteiger partial charge in [-0.2, -0.15) is 8.78 Å². The van der Waals surface area contributed by atoms with Crippen molar-refractivity contribution in [1.29, 1.82) is 0 Å². The molecule has 0 aliphatic carbocycles. The molecule has 1 aromatic heterocycles. The first-order chi connectivity index (χ1) is 11.1. The number of aromatic nitrogens is 1. The number of halogens is 2. The van der Waals surface area contributed by atoms with Gasteiger partial charge in [0.05, 0.1) is 11.2 Å². The van der Waals surface area contributed by atoms with Crippen LogP contribution in [-0.2, 0) is 0 Å². The van der Waals surface area contributed by atoms with E-state index in [9.17, 15) is 13.6 Å². The number of thioether (sulfide) groups is 1. The van der Waals surface area contributed by atoms with E-state index < -0.39 is 5.76 Å². The topological polar surface area (TPSA) is 42.0 Å². The average molecular weight is 330 g/mol. The van der Waals surface area contributed by atoms with Crippen LogP contribution in [0.15, 0.2) is 65.7 Å². The SMILES string of the molecule is O=C(Nc1cccc2cccnc12)c1ccc(SC(F)F)cc1. The summed E-state index contributed by atoms with van der Waals surface area (Å²) in [6, 6.07) is 15.3. The molecule has 0 fully saturated rings. The van der Waals surface area contributed by atoms with Crippen molar-refractivity contribution < 1.29 is 13.6 Å². The van der Waals surface area contributed by atoms with Crippen molar-refractivity contribution in [3.8, 4) is 0 Å². The van der Waals surface area contributed by atoms with Crippen molar-refractivity contribution in [2.45, 2.75) is 10.7 Å². The standard InChI is InChI=1S/C17H12F2N2OS/c18-17(19)23-13-8-6-12(7-9-13)16(22)21-14-5-1-3-11-4-2-10-20-15(11)14/h1-10,17H,(H,21,22). The maximum Gasteiger partial charge on any atom is 0.288 e. The predicted octanol–water partition coefficient (Wildman–Crippen LogP) is 4.80. The van der Waals surface area contributed by atoms with Crippen LogP contribution in [-0.4, -0.2) is 16.6 Å². The van der Waals surface area contributed by atoms with Crippen molar-refractivity contribution in [2.75, 3.05) is 5.32 Å². The first-order valence-corrected chi connectivity index (χ1v) is 7.71. The van der Waals surface area contributed by atoms with Crippen molar-refractivity contribution in [3.05, 3.63) is 66.4 Å². The zero-order valence-corrected chi connectivity index (χ0v) is 12.7. The van der Waals surface area contributed by atoms with E-state index in [0.717, 1.165) is 5.39 Å². The molecule has 116 valence electrons. The van der Waals surface area contributed by atoms with Gasteiger partial charge in [0.1, 0.15) is 0 Å². The minimum atomic E-state index is -2.48. The third-order valence-electron chi connectivity index (χ3n) is 3.22. The third kappa shape index (κ3) is 3.65. The van der Waals surface area contributed by atoms with Crippen LogP contribution in [0.1, 0.15) is 10.4 Å². The predicted molar refractivity (Wildman–Crippen MR) is 88.0 cm³/mol. The molecular weight excluding hydrogens is 318 g/mol. The molecule has 0 unspecified atom stereocenters. The van der Waals surface area contributed by atoms with E-state index in [2.05, 4.69) is 10.3 Å². The van der Waals surface area contributed by atoms with Gasteiger partial charge in [0.25, 0.3) is 11.7 Å². The molecule has 3 rings (SSSR count). The smallest absolute Gasteiger partial charge is 0.288 e. The lowest BCUT2D eigenvalue weighted by Crippen LogP contribution is -2.12. The number of alkyl halides is 2. The molecule has 3 nitrogen and oxygen atoms in total. The molecule has 0 aliphatic rings. The second-order valence-electron chi connectivity index (χ2n) is 4.74. The highest BCUT2D eigenvalue weighted by Crippen LogP contribution is 2.26. The fraction of sp³-hybridized carbons (Fsp3) is 0.0588. The number of anilines is 1. The number of rotatable bonds is 4. The molecule has 0 bridgehead atoms. The maximum atomic E-state index is 12.3. The number of carbonyl (C=O) groups is 1. The van der Waals surface area contributed by atoms with Gasteiger partial charge in [0.15, 0.2) is 0 Å². The molecule has 0 aliphatic heterocycles. The Balaban J connectivity index is 1.81. The minimum Gasteiger partial charge on any atom is -0.320 e. The molecule has 0 radical (unpaired) electrons. The summed E-state index contributed by atoms with van der Waals surface area (Å²) in [7, 11) is 0. The number of hydrogen-bond acceptors (Lipinski definition) is 3. The molecule has 0 atom stereocenters. The van der Waals surface area contributed by atoms with Crippen LogP contribution in [0, 0.1) is 0 Å². The van der Waals surface area contributed by atoms with Crippen LogP contribution in [0.3, 0.4) is 0 Å². The molecule has 1 heterocycles. The van der Waals surface area contributed by atoms with Gasteiger partial charge >= 0.3 is 0 Å². The van der Waals surface area contributed by atoms with Gasteiger partial charge in [-0.3, -0.25) is 9.78 Å². The Kier molecular flexibility index (Phi) is 4.52. The van der Waals surface area contributed by atoms with Gasteiger partial charge in [-0.15, -0.1) is 0 Å². The summed E-state index contributed by atoms with van der Waals surface area (Å²) in [5.74, 6) is -2.78. The number of nitrogens with zero attached hydrogens (tertiary/aromatic N) is 1. The van der Waals surface area contributed by atoms with Crippen molar-refractivity contribution in [3.63, 3.8) is 0 Å². The van der Waals surface area contributed by atoms with Gasteiger partial charge in [-0.25, -0.2) is 0 Å². The van der Waals surface area contributed by atoms with Crippen molar-refractivity contribution in [2.24, 2.45) is 0 Å². The number of para-hydroxylation sites is 1. The lowest BCUT2D eigenvalue weighted by molar-refractivity contribution is 0.102. The molecule has 1 amide bonds.